The van der Waals surface area contributed by atoms with E-state index in [1.54, 1.807) is 23.0 Å². The monoisotopic (exact) mass is 473 g/mol. The van der Waals surface area contributed by atoms with Crippen molar-refractivity contribution in [3.8, 4) is 0 Å². The number of rotatable bonds is 6. The van der Waals surface area contributed by atoms with E-state index in [1.807, 2.05) is 24.3 Å². The van der Waals surface area contributed by atoms with Gasteiger partial charge in [-0.1, -0.05) is 29.3 Å². The topological polar surface area (TPSA) is 62.2 Å². The van der Waals surface area contributed by atoms with Gasteiger partial charge in [0.1, 0.15) is 0 Å². The summed E-state index contributed by atoms with van der Waals surface area (Å²) in [6.45, 7) is 9.07. The summed E-state index contributed by atoms with van der Waals surface area (Å²) in [6, 6.07) is 12.1. The van der Waals surface area contributed by atoms with E-state index in [0.29, 0.717) is 46.0 Å². The molecule has 6 nitrogen and oxygen atoms in total. The molecule has 0 bridgehead atoms. The molecule has 8 heteroatoms. The van der Waals surface area contributed by atoms with Crippen molar-refractivity contribution in [3.63, 3.8) is 0 Å². The van der Waals surface area contributed by atoms with Crippen LogP contribution >= 0.6 is 23.2 Å². The van der Waals surface area contributed by atoms with Crippen LogP contribution in [0.15, 0.2) is 47.5 Å². The molecule has 1 aliphatic heterocycles. The molecule has 1 fully saturated rings. The SMILES string of the molecule is CC1CN(C(C)Nc2ccc3c(=O)n(CCc4ccc(Cl)cc4Cl)cnc3c2)CC(C)N1. The number of hydrogen-bond donors (Lipinski definition) is 2. The van der Waals surface area contributed by atoms with Gasteiger partial charge in [0, 0.05) is 47.5 Å². The Morgan fingerprint density at radius 2 is 1.91 bits per heavy atom. The van der Waals surface area contributed by atoms with E-state index in [1.165, 1.54) is 0 Å². The standard InChI is InChI=1S/C24H29Cl2N5O/c1-15-12-31(13-16(2)28-15)17(3)29-20-6-7-21-23(11-20)27-14-30(24(21)32)9-8-18-4-5-19(25)10-22(18)26/h4-7,10-11,14-17,28-29H,8-9,12-13H2,1-3H3. The second-order valence-corrected chi connectivity index (χ2v) is 9.55. The van der Waals surface area contributed by atoms with Crippen molar-refractivity contribution in [2.45, 2.75) is 52.0 Å². The van der Waals surface area contributed by atoms with Gasteiger partial charge in [0.25, 0.3) is 5.56 Å². The van der Waals surface area contributed by atoms with Crippen LogP contribution in [-0.2, 0) is 13.0 Å². The molecule has 4 rings (SSSR count). The van der Waals surface area contributed by atoms with Crippen molar-refractivity contribution >= 4 is 39.8 Å². The van der Waals surface area contributed by atoms with Gasteiger partial charge in [-0.25, -0.2) is 4.98 Å². The fourth-order valence-electron chi connectivity index (χ4n) is 4.39. The number of anilines is 1. The smallest absolute Gasteiger partial charge is 0.261 e. The Morgan fingerprint density at radius 3 is 2.62 bits per heavy atom. The molecule has 0 amide bonds. The van der Waals surface area contributed by atoms with Crippen molar-refractivity contribution in [1.29, 1.82) is 0 Å². The van der Waals surface area contributed by atoms with E-state index in [4.69, 9.17) is 23.2 Å². The largest absolute Gasteiger partial charge is 0.370 e. The minimum absolute atomic E-state index is 0.0514. The lowest BCUT2D eigenvalue weighted by molar-refractivity contribution is 0.143. The van der Waals surface area contributed by atoms with Gasteiger partial charge in [-0.3, -0.25) is 14.3 Å². The van der Waals surface area contributed by atoms with Crippen molar-refractivity contribution in [2.75, 3.05) is 18.4 Å². The summed E-state index contributed by atoms with van der Waals surface area (Å²) >= 11 is 12.2. The van der Waals surface area contributed by atoms with Crippen molar-refractivity contribution in [1.82, 2.24) is 19.8 Å². The maximum Gasteiger partial charge on any atom is 0.261 e. The van der Waals surface area contributed by atoms with Gasteiger partial charge in [0.2, 0.25) is 0 Å². The lowest BCUT2D eigenvalue weighted by Crippen LogP contribution is -2.57. The minimum Gasteiger partial charge on any atom is -0.370 e. The number of nitrogens with zero attached hydrogens (tertiary/aromatic N) is 3. The van der Waals surface area contributed by atoms with Crippen LogP contribution in [0.2, 0.25) is 10.0 Å². The van der Waals surface area contributed by atoms with E-state index < -0.39 is 0 Å². The van der Waals surface area contributed by atoms with Gasteiger partial charge in [0.05, 0.1) is 23.4 Å². The molecule has 0 saturated carbocycles. The second kappa shape index (κ2) is 9.79. The minimum atomic E-state index is -0.0514. The summed E-state index contributed by atoms with van der Waals surface area (Å²) < 4.78 is 1.63. The molecule has 3 aromatic rings. The maximum absolute atomic E-state index is 13.0. The first-order valence-electron chi connectivity index (χ1n) is 11.0. The molecule has 3 unspecified atom stereocenters. The molecule has 1 aromatic heterocycles. The Balaban J connectivity index is 1.47. The predicted molar refractivity (Wildman–Crippen MR) is 133 cm³/mol. The molecule has 1 aliphatic rings. The fourth-order valence-corrected chi connectivity index (χ4v) is 4.89. The number of nitrogens with one attached hydrogen (secondary N) is 2. The zero-order chi connectivity index (χ0) is 22.8. The van der Waals surface area contributed by atoms with Gasteiger partial charge < -0.3 is 10.6 Å². The van der Waals surface area contributed by atoms with Crippen molar-refractivity contribution in [2.24, 2.45) is 0 Å². The number of fused-ring (bicyclic) bond motifs is 1. The molecular formula is C24H29Cl2N5O. The molecule has 2 N–H and O–H groups in total. The van der Waals surface area contributed by atoms with Crippen LogP contribution in [0.4, 0.5) is 5.69 Å². The summed E-state index contributed by atoms with van der Waals surface area (Å²) in [5.41, 5.74) is 2.55. The van der Waals surface area contributed by atoms with E-state index in [-0.39, 0.29) is 11.7 Å². The molecule has 0 spiro atoms. The number of hydrogen-bond acceptors (Lipinski definition) is 5. The summed E-state index contributed by atoms with van der Waals surface area (Å²) in [7, 11) is 0. The normalized spacial score (nSPS) is 20.4. The van der Waals surface area contributed by atoms with Gasteiger partial charge >= 0.3 is 0 Å². The van der Waals surface area contributed by atoms with Crippen LogP contribution in [0.1, 0.15) is 26.3 Å². The van der Waals surface area contributed by atoms with Crippen LogP contribution in [-0.4, -0.2) is 45.8 Å². The Hall–Kier alpha value is -2.12. The van der Waals surface area contributed by atoms with Crippen LogP contribution in [0.3, 0.4) is 0 Å². The lowest BCUT2D eigenvalue weighted by Gasteiger charge is -2.40. The zero-order valence-electron chi connectivity index (χ0n) is 18.6. The van der Waals surface area contributed by atoms with E-state index in [9.17, 15) is 4.79 Å². The molecule has 3 atom stereocenters. The maximum atomic E-state index is 13.0. The lowest BCUT2D eigenvalue weighted by atomic mass is 10.1. The quantitative estimate of drug-likeness (QED) is 0.555. The molecule has 0 aliphatic carbocycles. The predicted octanol–water partition coefficient (Wildman–Crippen LogP) is 4.39. The summed E-state index contributed by atoms with van der Waals surface area (Å²) in [4.78, 5) is 19.9. The number of aromatic nitrogens is 2. The molecule has 0 radical (unpaired) electrons. The van der Waals surface area contributed by atoms with Gasteiger partial charge in [-0.15, -0.1) is 0 Å². The van der Waals surface area contributed by atoms with Crippen molar-refractivity contribution in [3.05, 3.63) is 68.7 Å². The number of halogens is 2. The highest BCUT2D eigenvalue weighted by molar-refractivity contribution is 6.35. The van der Waals surface area contributed by atoms with E-state index >= 15 is 0 Å². The average molecular weight is 474 g/mol. The Morgan fingerprint density at radius 1 is 1.16 bits per heavy atom. The first-order valence-corrected chi connectivity index (χ1v) is 11.8. The first kappa shape index (κ1) is 23.1. The third-order valence-corrected chi connectivity index (χ3v) is 6.56. The molecule has 1 saturated heterocycles. The van der Waals surface area contributed by atoms with Crippen LogP contribution < -0.4 is 16.2 Å². The van der Waals surface area contributed by atoms with Crippen LogP contribution in [0.5, 0.6) is 0 Å². The molecule has 32 heavy (non-hydrogen) atoms. The molecular weight excluding hydrogens is 445 g/mol. The second-order valence-electron chi connectivity index (χ2n) is 8.70. The Labute approximate surface area is 198 Å². The highest BCUT2D eigenvalue weighted by Gasteiger charge is 2.24. The van der Waals surface area contributed by atoms with Crippen molar-refractivity contribution < 1.29 is 0 Å². The summed E-state index contributed by atoms with van der Waals surface area (Å²) in [5.74, 6) is 0. The van der Waals surface area contributed by atoms with Crippen LogP contribution in [0, 0.1) is 0 Å². The van der Waals surface area contributed by atoms with Crippen LogP contribution in [0.25, 0.3) is 10.9 Å². The number of benzene rings is 2. The zero-order valence-corrected chi connectivity index (χ0v) is 20.1. The van der Waals surface area contributed by atoms with Gasteiger partial charge in [-0.05, 0) is 63.1 Å². The van der Waals surface area contributed by atoms with E-state index in [0.717, 1.165) is 24.3 Å². The summed E-state index contributed by atoms with van der Waals surface area (Å²) in [5, 5.41) is 8.94. The highest BCUT2D eigenvalue weighted by Crippen LogP contribution is 2.22. The molecule has 170 valence electrons. The van der Waals surface area contributed by atoms with Gasteiger partial charge in [0.15, 0.2) is 0 Å². The summed E-state index contributed by atoms with van der Waals surface area (Å²) in [6.07, 6.45) is 2.42. The first-order chi connectivity index (χ1) is 15.3. The third-order valence-electron chi connectivity index (χ3n) is 5.97. The van der Waals surface area contributed by atoms with Gasteiger partial charge in [-0.2, -0.15) is 0 Å². The third kappa shape index (κ3) is 5.26. The Bertz CT molecular complexity index is 1150. The number of aryl methyl sites for hydroxylation is 2. The van der Waals surface area contributed by atoms with E-state index in [2.05, 4.69) is 41.3 Å². The number of piperazine rings is 1. The average Bonchev–Trinajstić information content (AvgIpc) is 2.73. The highest BCUT2D eigenvalue weighted by atomic mass is 35.5. The fraction of sp³-hybridized carbons (Fsp3) is 0.417. The Kier molecular flexibility index (Phi) is 7.05. The molecule has 2 heterocycles. The molecule has 2 aromatic carbocycles.